The minimum absolute atomic E-state index is 0.0171. The second-order valence-corrected chi connectivity index (χ2v) is 7.91. The number of aromatic hydroxyl groups is 1. The second-order valence-electron chi connectivity index (χ2n) is 6.23. The zero-order chi connectivity index (χ0) is 22.4. The number of hydrogen-bond acceptors (Lipinski definition) is 8. The number of methoxy groups -OCH3 is 1. The highest BCUT2D eigenvalue weighted by Crippen LogP contribution is 2.29. The Bertz CT molecular complexity index is 1210. The van der Waals surface area contributed by atoms with Gasteiger partial charge in [0.2, 0.25) is 0 Å². The molecule has 0 atom stereocenters. The van der Waals surface area contributed by atoms with Crippen molar-refractivity contribution < 1.29 is 23.2 Å². The van der Waals surface area contributed by atoms with Crippen molar-refractivity contribution in [2.24, 2.45) is 5.10 Å². The van der Waals surface area contributed by atoms with E-state index in [2.05, 4.69) is 15.2 Å². The summed E-state index contributed by atoms with van der Waals surface area (Å²) in [4.78, 5) is 10.5. The summed E-state index contributed by atoms with van der Waals surface area (Å²) in [7, 11) is -2.57. The lowest BCUT2D eigenvalue weighted by Crippen LogP contribution is -2.13. The fourth-order valence-electron chi connectivity index (χ4n) is 2.53. The molecule has 10 nitrogen and oxygen atoms in total. The van der Waals surface area contributed by atoms with E-state index in [1.165, 1.54) is 49.7 Å². The molecule has 0 aliphatic carbocycles. The number of phenols is 1. The van der Waals surface area contributed by atoms with Gasteiger partial charge in [0, 0.05) is 11.8 Å². The van der Waals surface area contributed by atoms with Crippen LogP contribution in [0.4, 0.5) is 17.1 Å². The van der Waals surface area contributed by atoms with Gasteiger partial charge >= 0.3 is 0 Å². The Morgan fingerprint density at radius 3 is 2.35 bits per heavy atom. The molecule has 3 aromatic rings. The minimum atomic E-state index is -4.06. The summed E-state index contributed by atoms with van der Waals surface area (Å²) in [5.74, 6) is 0.655. The number of benzene rings is 3. The van der Waals surface area contributed by atoms with Crippen LogP contribution in [0.3, 0.4) is 0 Å². The fraction of sp³-hybridized carbons (Fsp3) is 0.0500. The number of anilines is 2. The average Bonchev–Trinajstić information content (AvgIpc) is 2.75. The number of hydrazone groups is 1. The van der Waals surface area contributed by atoms with Gasteiger partial charge in [-0.3, -0.25) is 20.3 Å². The van der Waals surface area contributed by atoms with Gasteiger partial charge in [0.05, 0.1) is 23.1 Å². The molecule has 11 heteroatoms. The summed E-state index contributed by atoms with van der Waals surface area (Å²) in [5.41, 5.74) is 3.02. The number of phenolic OH excluding ortho intramolecular Hbond substituents is 1. The highest BCUT2D eigenvalue weighted by atomic mass is 32.2. The lowest BCUT2D eigenvalue weighted by atomic mass is 10.2. The summed E-state index contributed by atoms with van der Waals surface area (Å²) >= 11 is 0. The number of sulfonamides is 1. The second kappa shape index (κ2) is 9.13. The summed E-state index contributed by atoms with van der Waals surface area (Å²) in [6.07, 6.45) is 1.40. The molecule has 0 aromatic heterocycles. The molecule has 0 aliphatic heterocycles. The number of ether oxygens (including phenoxy) is 1. The molecule has 0 spiro atoms. The van der Waals surface area contributed by atoms with Crippen molar-refractivity contribution >= 4 is 33.3 Å². The summed E-state index contributed by atoms with van der Waals surface area (Å²) in [5, 5.41) is 24.7. The van der Waals surface area contributed by atoms with Gasteiger partial charge in [-0.05, 0) is 66.2 Å². The first-order valence-electron chi connectivity index (χ1n) is 8.82. The molecule has 0 amide bonds. The summed E-state index contributed by atoms with van der Waals surface area (Å²) in [6.45, 7) is 0. The number of nitrogens with zero attached hydrogens (tertiary/aromatic N) is 2. The van der Waals surface area contributed by atoms with Crippen molar-refractivity contribution in [2.45, 2.75) is 4.90 Å². The van der Waals surface area contributed by atoms with Crippen molar-refractivity contribution in [3.8, 4) is 11.5 Å². The molecular formula is C20H18N4O6S. The number of rotatable bonds is 8. The Labute approximate surface area is 178 Å². The largest absolute Gasteiger partial charge is 0.508 e. The van der Waals surface area contributed by atoms with Crippen molar-refractivity contribution in [2.75, 3.05) is 17.3 Å². The van der Waals surface area contributed by atoms with Gasteiger partial charge in [0.15, 0.2) is 0 Å². The first-order valence-corrected chi connectivity index (χ1v) is 10.3. The van der Waals surface area contributed by atoms with E-state index in [9.17, 15) is 23.6 Å². The van der Waals surface area contributed by atoms with Crippen LogP contribution in [0.15, 0.2) is 76.7 Å². The molecular weight excluding hydrogens is 424 g/mol. The quantitative estimate of drug-likeness (QED) is 0.275. The molecule has 31 heavy (non-hydrogen) atoms. The first kappa shape index (κ1) is 21.6. The number of hydrogen-bond donors (Lipinski definition) is 3. The van der Waals surface area contributed by atoms with Crippen LogP contribution >= 0.6 is 0 Å². The van der Waals surface area contributed by atoms with Crippen LogP contribution in [0.1, 0.15) is 5.56 Å². The SMILES string of the molecule is COc1ccc(NS(=O)(=O)c2ccc(NN=Cc3ccc(O)cc3)c([N+](=O)[O-])c2)cc1. The highest BCUT2D eigenvalue weighted by molar-refractivity contribution is 7.92. The molecule has 0 unspecified atom stereocenters. The van der Waals surface area contributed by atoms with Gasteiger partial charge in [-0.1, -0.05) is 0 Å². The zero-order valence-corrected chi connectivity index (χ0v) is 17.0. The smallest absolute Gasteiger partial charge is 0.295 e. The van der Waals surface area contributed by atoms with E-state index in [0.717, 1.165) is 6.07 Å². The predicted octanol–water partition coefficient (Wildman–Crippen LogP) is 3.56. The van der Waals surface area contributed by atoms with Gasteiger partial charge in [-0.15, -0.1) is 0 Å². The maximum Gasteiger partial charge on any atom is 0.295 e. The molecule has 0 saturated carbocycles. The van der Waals surface area contributed by atoms with Crippen molar-refractivity contribution in [3.63, 3.8) is 0 Å². The zero-order valence-electron chi connectivity index (χ0n) is 16.2. The number of nitrogens with one attached hydrogen (secondary N) is 2. The van der Waals surface area contributed by atoms with E-state index in [4.69, 9.17) is 4.74 Å². The van der Waals surface area contributed by atoms with Crippen LogP contribution in [0, 0.1) is 10.1 Å². The third kappa shape index (κ3) is 5.48. The van der Waals surface area contributed by atoms with Gasteiger partial charge in [0.25, 0.3) is 15.7 Å². The van der Waals surface area contributed by atoms with E-state index in [0.29, 0.717) is 11.3 Å². The summed E-state index contributed by atoms with van der Waals surface area (Å²) in [6, 6.07) is 15.8. The van der Waals surface area contributed by atoms with E-state index < -0.39 is 20.6 Å². The fourth-order valence-corrected chi connectivity index (χ4v) is 3.61. The van der Waals surface area contributed by atoms with E-state index in [-0.39, 0.29) is 22.0 Å². The lowest BCUT2D eigenvalue weighted by Gasteiger charge is -2.10. The van der Waals surface area contributed by atoms with Crippen LogP contribution < -0.4 is 14.9 Å². The molecule has 0 fully saturated rings. The average molecular weight is 442 g/mol. The normalized spacial score (nSPS) is 11.3. The predicted molar refractivity (Wildman–Crippen MR) is 116 cm³/mol. The van der Waals surface area contributed by atoms with Crippen LogP contribution in [0.2, 0.25) is 0 Å². The topological polar surface area (TPSA) is 143 Å². The summed E-state index contributed by atoms with van der Waals surface area (Å²) < 4.78 is 32.7. The minimum Gasteiger partial charge on any atom is -0.508 e. The van der Waals surface area contributed by atoms with E-state index in [1.807, 2.05) is 0 Å². The molecule has 0 heterocycles. The van der Waals surface area contributed by atoms with Crippen molar-refractivity contribution in [1.29, 1.82) is 0 Å². The monoisotopic (exact) mass is 442 g/mol. The van der Waals surface area contributed by atoms with Gasteiger partial charge in [-0.25, -0.2) is 8.42 Å². The Hall–Kier alpha value is -4.12. The first-order chi connectivity index (χ1) is 14.8. The highest BCUT2D eigenvalue weighted by Gasteiger charge is 2.21. The lowest BCUT2D eigenvalue weighted by molar-refractivity contribution is -0.384. The Morgan fingerprint density at radius 2 is 1.74 bits per heavy atom. The molecule has 0 radical (unpaired) electrons. The van der Waals surface area contributed by atoms with Crippen LogP contribution in [-0.2, 0) is 10.0 Å². The van der Waals surface area contributed by atoms with Gasteiger partial charge in [0.1, 0.15) is 17.2 Å². The van der Waals surface area contributed by atoms with Crippen LogP contribution in [-0.4, -0.2) is 31.8 Å². The van der Waals surface area contributed by atoms with Gasteiger partial charge in [-0.2, -0.15) is 5.10 Å². The number of nitro benzene ring substituents is 1. The maximum atomic E-state index is 12.6. The Kier molecular flexibility index (Phi) is 6.36. The third-order valence-corrected chi connectivity index (χ3v) is 5.49. The number of nitro groups is 1. The van der Waals surface area contributed by atoms with Gasteiger partial charge < -0.3 is 9.84 Å². The molecule has 3 N–H and O–H groups in total. The van der Waals surface area contributed by atoms with Crippen LogP contribution in [0.25, 0.3) is 0 Å². The van der Waals surface area contributed by atoms with E-state index in [1.54, 1.807) is 24.3 Å². The molecule has 0 bridgehead atoms. The Balaban J connectivity index is 1.81. The van der Waals surface area contributed by atoms with Crippen molar-refractivity contribution in [1.82, 2.24) is 0 Å². The maximum absolute atomic E-state index is 12.6. The van der Waals surface area contributed by atoms with Crippen molar-refractivity contribution in [3.05, 3.63) is 82.4 Å². The standard InChI is InChI=1S/C20H18N4O6S/c1-30-17-8-4-15(5-9-17)23-31(28,29)18-10-11-19(20(12-18)24(26)27)22-21-13-14-2-6-16(25)7-3-14/h2-13,22-23,25H,1H3. The third-order valence-electron chi connectivity index (χ3n) is 4.11. The molecule has 0 saturated heterocycles. The molecule has 0 aliphatic rings. The Morgan fingerprint density at radius 1 is 1.06 bits per heavy atom. The van der Waals surface area contributed by atoms with E-state index >= 15 is 0 Å². The molecule has 3 aromatic carbocycles. The van der Waals surface area contributed by atoms with Crippen LogP contribution in [0.5, 0.6) is 11.5 Å². The molecule has 160 valence electrons. The molecule has 3 rings (SSSR count).